The summed E-state index contributed by atoms with van der Waals surface area (Å²) >= 11 is 3.48. The molecular weight excluding hydrogens is 278 g/mol. The molecule has 0 aliphatic rings. The molecule has 4 heteroatoms. The fraction of sp³-hybridized carbons (Fsp3) is 0.231. The molecule has 1 aromatic carbocycles. The standard InChI is InChI=1S/C13H14BrN3/c1-15-12(13-9-16-5-6-17-13)8-10-3-2-4-11(14)7-10/h2-7,9,12,15H,8H2,1H3. The zero-order chi connectivity index (χ0) is 12.1. The second-order valence-corrected chi connectivity index (χ2v) is 4.72. The summed E-state index contributed by atoms with van der Waals surface area (Å²) in [6.45, 7) is 0. The molecule has 0 amide bonds. The van der Waals surface area contributed by atoms with Crippen molar-refractivity contribution >= 4 is 15.9 Å². The average Bonchev–Trinajstić information content (AvgIpc) is 2.37. The Morgan fingerprint density at radius 1 is 1.35 bits per heavy atom. The van der Waals surface area contributed by atoms with Crippen molar-refractivity contribution in [3.05, 3.63) is 58.6 Å². The number of aromatic nitrogens is 2. The van der Waals surface area contributed by atoms with Gasteiger partial charge in [-0.1, -0.05) is 28.1 Å². The minimum atomic E-state index is 0.193. The lowest BCUT2D eigenvalue weighted by atomic mass is 10.0. The Hall–Kier alpha value is -1.26. The summed E-state index contributed by atoms with van der Waals surface area (Å²) in [7, 11) is 1.94. The summed E-state index contributed by atoms with van der Waals surface area (Å²) < 4.78 is 1.10. The van der Waals surface area contributed by atoms with Crippen LogP contribution in [0.3, 0.4) is 0 Å². The van der Waals surface area contributed by atoms with Crippen LogP contribution in [-0.2, 0) is 6.42 Å². The SMILES string of the molecule is CNC(Cc1cccc(Br)c1)c1cnccn1. The summed E-state index contributed by atoms with van der Waals surface area (Å²) in [5.74, 6) is 0. The number of nitrogens with zero attached hydrogens (tertiary/aromatic N) is 2. The van der Waals surface area contributed by atoms with Gasteiger partial charge < -0.3 is 5.32 Å². The first kappa shape index (κ1) is 12.2. The predicted molar refractivity (Wildman–Crippen MR) is 71.7 cm³/mol. The van der Waals surface area contributed by atoms with Crippen LogP contribution in [0.2, 0.25) is 0 Å². The van der Waals surface area contributed by atoms with Crippen molar-refractivity contribution in [3.63, 3.8) is 0 Å². The van der Waals surface area contributed by atoms with Crippen LogP contribution in [0.5, 0.6) is 0 Å². The Morgan fingerprint density at radius 3 is 2.88 bits per heavy atom. The first-order chi connectivity index (χ1) is 8.29. The van der Waals surface area contributed by atoms with E-state index in [4.69, 9.17) is 0 Å². The number of rotatable bonds is 4. The van der Waals surface area contributed by atoms with Crippen LogP contribution in [0.1, 0.15) is 17.3 Å². The minimum Gasteiger partial charge on any atom is -0.311 e. The summed E-state index contributed by atoms with van der Waals surface area (Å²) in [6, 6.07) is 8.51. The number of nitrogens with one attached hydrogen (secondary N) is 1. The Balaban J connectivity index is 2.16. The first-order valence-corrected chi connectivity index (χ1v) is 6.26. The van der Waals surface area contributed by atoms with Gasteiger partial charge in [-0.2, -0.15) is 0 Å². The largest absolute Gasteiger partial charge is 0.311 e. The molecule has 17 heavy (non-hydrogen) atoms. The van der Waals surface area contributed by atoms with E-state index in [0.717, 1.165) is 16.6 Å². The van der Waals surface area contributed by atoms with Gasteiger partial charge in [-0.05, 0) is 31.2 Å². The van der Waals surface area contributed by atoms with Crippen molar-refractivity contribution in [2.24, 2.45) is 0 Å². The Kier molecular flexibility index (Phi) is 4.23. The van der Waals surface area contributed by atoms with Gasteiger partial charge >= 0.3 is 0 Å². The lowest BCUT2D eigenvalue weighted by Gasteiger charge is -2.15. The van der Waals surface area contributed by atoms with E-state index in [1.165, 1.54) is 5.56 Å². The Labute approximate surface area is 109 Å². The maximum Gasteiger partial charge on any atom is 0.0759 e. The second-order valence-electron chi connectivity index (χ2n) is 3.81. The molecule has 0 aliphatic heterocycles. The first-order valence-electron chi connectivity index (χ1n) is 5.47. The lowest BCUT2D eigenvalue weighted by Crippen LogP contribution is -2.20. The van der Waals surface area contributed by atoms with Crippen LogP contribution in [0, 0.1) is 0 Å². The highest BCUT2D eigenvalue weighted by atomic mass is 79.9. The van der Waals surface area contributed by atoms with Crippen molar-refractivity contribution in [1.29, 1.82) is 0 Å². The number of hydrogen-bond acceptors (Lipinski definition) is 3. The maximum atomic E-state index is 4.33. The Bertz CT molecular complexity index is 473. The molecule has 0 saturated heterocycles. The molecule has 2 rings (SSSR count). The van der Waals surface area contributed by atoms with Crippen molar-refractivity contribution in [2.75, 3.05) is 7.05 Å². The fourth-order valence-electron chi connectivity index (χ4n) is 1.74. The molecule has 0 radical (unpaired) electrons. The molecule has 0 aliphatic carbocycles. The molecule has 0 bridgehead atoms. The summed E-state index contributed by atoms with van der Waals surface area (Å²) in [6.07, 6.45) is 6.11. The molecule has 1 N–H and O–H groups in total. The van der Waals surface area contributed by atoms with E-state index in [0.29, 0.717) is 0 Å². The molecule has 0 spiro atoms. The Morgan fingerprint density at radius 2 is 2.24 bits per heavy atom. The fourth-order valence-corrected chi connectivity index (χ4v) is 2.19. The molecule has 1 heterocycles. The van der Waals surface area contributed by atoms with Gasteiger partial charge in [-0.15, -0.1) is 0 Å². The number of hydrogen-bond donors (Lipinski definition) is 1. The van der Waals surface area contributed by atoms with Crippen LogP contribution in [0.4, 0.5) is 0 Å². The number of likely N-dealkylation sites (N-methyl/N-ethyl adjacent to an activating group) is 1. The molecule has 3 nitrogen and oxygen atoms in total. The predicted octanol–water partition coefficient (Wildman–Crippen LogP) is 2.74. The molecule has 1 unspecified atom stereocenters. The van der Waals surface area contributed by atoms with Crippen molar-refractivity contribution in [1.82, 2.24) is 15.3 Å². The normalized spacial score (nSPS) is 12.4. The smallest absolute Gasteiger partial charge is 0.0759 e. The molecule has 1 aromatic heterocycles. The second kappa shape index (κ2) is 5.89. The van der Waals surface area contributed by atoms with Crippen molar-refractivity contribution in [3.8, 4) is 0 Å². The summed E-state index contributed by atoms with van der Waals surface area (Å²) in [5, 5.41) is 3.27. The highest BCUT2D eigenvalue weighted by molar-refractivity contribution is 9.10. The van der Waals surface area contributed by atoms with Crippen LogP contribution < -0.4 is 5.32 Å². The lowest BCUT2D eigenvalue weighted by molar-refractivity contribution is 0.573. The average molecular weight is 292 g/mol. The third-order valence-corrected chi connectivity index (χ3v) is 3.11. The van der Waals surface area contributed by atoms with Gasteiger partial charge in [0.05, 0.1) is 11.7 Å². The molecule has 88 valence electrons. The third-order valence-electron chi connectivity index (χ3n) is 2.62. The van der Waals surface area contributed by atoms with Crippen molar-refractivity contribution < 1.29 is 0 Å². The molecule has 0 fully saturated rings. The monoisotopic (exact) mass is 291 g/mol. The molecule has 0 saturated carbocycles. The van der Waals surface area contributed by atoms with Gasteiger partial charge in [0, 0.05) is 23.1 Å². The molecule has 2 aromatic rings. The van der Waals surface area contributed by atoms with Gasteiger partial charge in [-0.3, -0.25) is 9.97 Å². The van der Waals surface area contributed by atoms with E-state index in [9.17, 15) is 0 Å². The van der Waals surface area contributed by atoms with Gasteiger partial charge in [0.15, 0.2) is 0 Å². The maximum absolute atomic E-state index is 4.33. The topological polar surface area (TPSA) is 37.8 Å². The number of halogens is 1. The third kappa shape index (κ3) is 3.35. The highest BCUT2D eigenvalue weighted by Gasteiger charge is 2.11. The van der Waals surface area contributed by atoms with Gasteiger partial charge in [0.1, 0.15) is 0 Å². The van der Waals surface area contributed by atoms with E-state index >= 15 is 0 Å². The van der Waals surface area contributed by atoms with Gasteiger partial charge in [-0.25, -0.2) is 0 Å². The summed E-state index contributed by atoms with van der Waals surface area (Å²) in [4.78, 5) is 8.43. The van der Waals surface area contributed by atoms with E-state index in [-0.39, 0.29) is 6.04 Å². The van der Waals surface area contributed by atoms with Crippen LogP contribution in [-0.4, -0.2) is 17.0 Å². The number of benzene rings is 1. The van der Waals surface area contributed by atoms with E-state index in [1.807, 2.05) is 19.2 Å². The molecule has 1 atom stereocenters. The van der Waals surface area contributed by atoms with Crippen LogP contribution >= 0.6 is 15.9 Å². The van der Waals surface area contributed by atoms with Gasteiger partial charge in [0.2, 0.25) is 0 Å². The van der Waals surface area contributed by atoms with E-state index < -0.39 is 0 Å². The summed E-state index contributed by atoms with van der Waals surface area (Å²) in [5.41, 5.74) is 2.24. The quantitative estimate of drug-likeness (QED) is 0.941. The molecular formula is C13H14BrN3. The van der Waals surface area contributed by atoms with Crippen LogP contribution in [0.25, 0.3) is 0 Å². The van der Waals surface area contributed by atoms with E-state index in [1.54, 1.807) is 18.6 Å². The zero-order valence-corrected chi connectivity index (χ0v) is 11.2. The zero-order valence-electron chi connectivity index (χ0n) is 9.60. The minimum absolute atomic E-state index is 0.193. The van der Waals surface area contributed by atoms with E-state index in [2.05, 4.69) is 43.3 Å². The van der Waals surface area contributed by atoms with Gasteiger partial charge in [0.25, 0.3) is 0 Å². The van der Waals surface area contributed by atoms with Crippen molar-refractivity contribution in [2.45, 2.75) is 12.5 Å². The van der Waals surface area contributed by atoms with Crippen LogP contribution in [0.15, 0.2) is 47.3 Å². The highest BCUT2D eigenvalue weighted by Crippen LogP contribution is 2.18.